The van der Waals surface area contributed by atoms with E-state index in [1.807, 2.05) is 19.1 Å². The van der Waals surface area contributed by atoms with Crippen molar-refractivity contribution in [2.45, 2.75) is 6.92 Å². The Morgan fingerprint density at radius 3 is 2.61 bits per heavy atom. The maximum absolute atomic E-state index is 11.7. The van der Waals surface area contributed by atoms with Gasteiger partial charge in [-0.15, -0.1) is 0 Å². The van der Waals surface area contributed by atoms with Crippen LogP contribution in [0.25, 0.3) is 0 Å². The molecule has 0 aromatic heterocycles. The number of carboxylic acids is 1. The molecule has 1 aromatic carbocycles. The smallest absolute Gasteiger partial charge is 0.317 e. The van der Waals surface area contributed by atoms with Gasteiger partial charge in [0.15, 0.2) is 0 Å². The second-order valence-corrected chi connectivity index (χ2v) is 4.95. The van der Waals surface area contributed by atoms with Gasteiger partial charge in [-0.3, -0.25) is 14.5 Å². The van der Waals surface area contributed by atoms with E-state index in [0.717, 1.165) is 10.0 Å². The highest BCUT2D eigenvalue weighted by Crippen LogP contribution is 2.23. The zero-order valence-electron chi connectivity index (χ0n) is 10.2. The van der Waals surface area contributed by atoms with Crippen LogP contribution in [0.3, 0.4) is 0 Å². The Morgan fingerprint density at radius 1 is 1.39 bits per heavy atom. The highest BCUT2D eigenvalue weighted by atomic mass is 79.9. The van der Waals surface area contributed by atoms with Gasteiger partial charge in [0.25, 0.3) is 0 Å². The molecule has 18 heavy (non-hydrogen) atoms. The van der Waals surface area contributed by atoms with Crippen molar-refractivity contribution in [3.63, 3.8) is 0 Å². The summed E-state index contributed by atoms with van der Waals surface area (Å²) in [5.41, 5.74) is 1.76. The van der Waals surface area contributed by atoms with Gasteiger partial charge in [-0.05, 0) is 47.6 Å². The zero-order valence-corrected chi connectivity index (χ0v) is 11.8. The number of amides is 1. The third-order valence-corrected chi connectivity index (χ3v) is 2.87. The summed E-state index contributed by atoms with van der Waals surface area (Å²) in [5, 5.41) is 11.3. The lowest BCUT2D eigenvalue weighted by atomic mass is 10.2. The standard InChI is InChI=1S/C12H15BrN2O3/c1-8-3-4-10(9(13)5-8)14-11(16)6-15(2)7-12(17)18/h3-5H,6-7H2,1-2H3,(H,14,16)(H,17,18). The Morgan fingerprint density at radius 2 is 2.06 bits per heavy atom. The molecule has 98 valence electrons. The van der Waals surface area contributed by atoms with Gasteiger partial charge < -0.3 is 10.4 Å². The number of benzene rings is 1. The lowest BCUT2D eigenvalue weighted by molar-refractivity contribution is -0.138. The van der Waals surface area contributed by atoms with Gasteiger partial charge in [-0.2, -0.15) is 0 Å². The molecule has 0 heterocycles. The van der Waals surface area contributed by atoms with Crippen molar-refractivity contribution < 1.29 is 14.7 Å². The van der Waals surface area contributed by atoms with Crippen molar-refractivity contribution >= 4 is 33.5 Å². The van der Waals surface area contributed by atoms with Gasteiger partial charge in [-0.1, -0.05) is 6.07 Å². The monoisotopic (exact) mass is 314 g/mol. The van der Waals surface area contributed by atoms with E-state index in [-0.39, 0.29) is 19.0 Å². The summed E-state index contributed by atoms with van der Waals surface area (Å²) in [6.45, 7) is 1.83. The van der Waals surface area contributed by atoms with Gasteiger partial charge in [0.05, 0.1) is 18.8 Å². The number of halogens is 1. The van der Waals surface area contributed by atoms with Crippen LogP contribution in [0.4, 0.5) is 5.69 Å². The van der Waals surface area contributed by atoms with Gasteiger partial charge in [-0.25, -0.2) is 0 Å². The van der Waals surface area contributed by atoms with Crippen molar-refractivity contribution in [2.24, 2.45) is 0 Å². The second kappa shape index (κ2) is 6.51. The minimum absolute atomic E-state index is 0.0343. The number of carbonyl (C=O) groups is 2. The predicted octanol–water partition coefficient (Wildman–Crippen LogP) is 1.71. The van der Waals surface area contributed by atoms with Crippen molar-refractivity contribution in [3.05, 3.63) is 28.2 Å². The molecule has 0 radical (unpaired) electrons. The first kappa shape index (κ1) is 14.7. The normalized spacial score (nSPS) is 10.4. The largest absolute Gasteiger partial charge is 0.480 e. The Bertz CT molecular complexity index is 463. The minimum Gasteiger partial charge on any atom is -0.480 e. The van der Waals surface area contributed by atoms with E-state index in [2.05, 4.69) is 21.2 Å². The lowest BCUT2D eigenvalue weighted by Gasteiger charge is -2.14. The Balaban J connectivity index is 2.56. The quantitative estimate of drug-likeness (QED) is 0.868. The number of rotatable bonds is 5. The topological polar surface area (TPSA) is 69.6 Å². The van der Waals surface area contributed by atoms with Crippen molar-refractivity contribution in [1.82, 2.24) is 4.90 Å². The van der Waals surface area contributed by atoms with Crippen LogP contribution in [0.15, 0.2) is 22.7 Å². The number of hydrogen-bond donors (Lipinski definition) is 2. The number of hydrogen-bond acceptors (Lipinski definition) is 3. The van der Waals surface area contributed by atoms with Crippen LogP contribution in [0.1, 0.15) is 5.56 Å². The summed E-state index contributed by atoms with van der Waals surface area (Å²) in [4.78, 5) is 23.6. The molecule has 1 aromatic rings. The third kappa shape index (κ3) is 4.85. The zero-order chi connectivity index (χ0) is 13.7. The van der Waals surface area contributed by atoms with Crippen molar-refractivity contribution in [3.8, 4) is 0 Å². The molecule has 1 rings (SSSR count). The number of nitrogens with zero attached hydrogens (tertiary/aromatic N) is 1. The van der Waals surface area contributed by atoms with E-state index in [0.29, 0.717) is 5.69 Å². The molecule has 0 fully saturated rings. The summed E-state index contributed by atoms with van der Waals surface area (Å²) in [7, 11) is 1.58. The number of carbonyl (C=O) groups excluding carboxylic acids is 1. The lowest BCUT2D eigenvalue weighted by Crippen LogP contribution is -2.33. The van der Waals surface area contributed by atoms with E-state index < -0.39 is 5.97 Å². The molecule has 0 bridgehead atoms. The molecule has 0 unspecified atom stereocenters. The van der Waals surface area contributed by atoms with E-state index in [1.54, 1.807) is 13.1 Å². The van der Waals surface area contributed by atoms with E-state index in [4.69, 9.17) is 5.11 Å². The molecule has 0 saturated heterocycles. The summed E-state index contributed by atoms with van der Waals surface area (Å²) in [5.74, 6) is -1.20. The van der Waals surface area contributed by atoms with Crippen LogP contribution in [0, 0.1) is 6.92 Å². The molecular formula is C12H15BrN2O3. The number of anilines is 1. The molecule has 0 spiro atoms. The number of nitrogens with one attached hydrogen (secondary N) is 1. The average molecular weight is 315 g/mol. The van der Waals surface area contributed by atoms with Gasteiger partial charge >= 0.3 is 5.97 Å². The van der Waals surface area contributed by atoms with E-state index in [9.17, 15) is 9.59 Å². The number of aliphatic carboxylic acids is 1. The van der Waals surface area contributed by atoms with Gasteiger partial charge in [0.2, 0.25) is 5.91 Å². The van der Waals surface area contributed by atoms with E-state index in [1.165, 1.54) is 4.90 Å². The summed E-state index contributed by atoms with van der Waals surface area (Å²) < 4.78 is 0.803. The van der Waals surface area contributed by atoms with Crippen molar-refractivity contribution in [2.75, 3.05) is 25.5 Å². The maximum Gasteiger partial charge on any atom is 0.317 e. The summed E-state index contributed by atoms with van der Waals surface area (Å²) >= 11 is 3.36. The van der Waals surface area contributed by atoms with Crippen LogP contribution in [-0.2, 0) is 9.59 Å². The first-order valence-corrected chi connectivity index (χ1v) is 6.14. The van der Waals surface area contributed by atoms with Crippen LogP contribution >= 0.6 is 15.9 Å². The molecule has 2 N–H and O–H groups in total. The molecule has 0 atom stereocenters. The maximum atomic E-state index is 11.7. The Hall–Kier alpha value is -1.40. The van der Waals surface area contributed by atoms with Crippen molar-refractivity contribution in [1.29, 1.82) is 0 Å². The number of aryl methyl sites for hydroxylation is 1. The minimum atomic E-state index is -0.957. The molecule has 5 nitrogen and oxygen atoms in total. The highest BCUT2D eigenvalue weighted by Gasteiger charge is 2.10. The van der Waals surface area contributed by atoms with E-state index >= 15 is 0 Å². The third-order valence-electron chi connectivity index (χ3n) is 2.22. The molecule has 0 aliphatic heterocycles. The molecule has 0 saturated carbocycles. The van der Waals surface area contributed by atoms with Crippen LogP contribution in [0.5, 0.6) is 0 Å². The van der Waals surface area contributed by atoms with Gasteiger partial charge in [0, 0.05) is 4.47 Å². The summed E-state index contributed by atoms with van der Waals surface area (Å²) in [6.07, 6.45) is 0. The fraction of sp³-hybridized carbons (Fsp3) is 0.333. The summed E-state index contributed by atoms with van der Waals surface area (Å²) in [6, 6.07) is 5.59. The van der Waals surface area contributed by atoms with Crippen LogP contribution in [-0.4, -0.2) is 42.0 Å². The molecular weight excluding hydrogens is 300 g/mol. The first-order valence-electron chi connectivity index (χ1n) is 5.35. The fourth-order valence-electron chi connectivity index (χ4n) is 1.44. The predicted molar refractivity (Wildman–Crippen MR) is 72.6 cm³/mol. The first-order chi connectivity index (χ1) is 8.38. The fourth-order valence-corrected chi connectivity index (χ4v) is 2.04. The number of carboxylic acid groups (broad SMARTS) is 1. The second-order valence-electron chi connectivity index (χ2n) is 4.10. The van der Waals surface area contributed by atoms with Crippen LogP contribution < -0.4 is 5.32 Å². The molecule has 6 heteroatoms. The average Bonchev–Trinajstić information content (AvgIpc) is 2.20. The highest BCUT2D eigenvalue weighted by molar-refractivity contribution is 9.10. The number of likely N-dealkylation sites (N-methyl/N-ethyl adjacent to an activating group) is 1. The molecule has 0 aliphatic rings. The van der Waals surface area contributed by atoms with Gasteiger partial charge in [0.1, 0.15) is 0 Å². The molecule has 1 amide bonds. The SMILES string of the molecule is Cc1ccc(NC(=O)CN(C)CC(=O)O)c(Br)c1. The Kier molecular flexibility index (Phi) is 5.30. The van der Waals surface area contributed by atoms with Crippen LogP contribution in [0.2, 0.25) is 0 Å². The molecule has 0 aliphatic carbocycles. The Labute approximate surface area is 114 Å².